The summed E-state index contributed by atoms with van der Waals surface area (Å²) in [6, 6.07) is 8.34. The highest BCUT2D eigenvalue weighted by Gasteiger charge is 2.34. The van der Waals surface area contributed by atoms with Crippen molar-refractivity contribution in [2.45, 2.75) is 46.1 Å². The van der Waals surface area contributed by atoms with Crippen LogP contribution in [0.4, 0.5) is 0 Å². The molecule has 3 unspecified atom stereocenters. The van der Waals surface area contributed by atoms with Gasteiger partial charge in [-0.05, 0) is 38.7 Å². The second-order valence-corrected chi connectivity index (χ2v) is 6.54. The van der Waals surface area contributed by atoms with E-state index in [4.69, 9.17) is 0 Å². The van der Waals surface area contributed by atoms with E-state index in [0.29, 0.717) is 19.4 Å². The lowest BCUT2D eigenvalue weighted by Gasteiger charge is -2.38. The highest BCUT2D eigenvalue weighted by Crippen LogP contribution is 2.24. The fourth-order valence-corrected chi connectivity index (χ4v) is 3.06. The molecule has 1 aliphatic heterocycles. The molecular weight excluding hydrogens is 278 g/mol. The number of hydrogen-bond acceptors (Lipinski definition) is 2. The highest BCUT2D eigenvalue weighted by molar-refractivity contribution is 5.80. The van der Waals surface area contributed by atoms with Crippen LogP contribution in [-0.4, -0.2) is 34.5 Å². The Bertz CT molecular complexity index is 538. The number of carboxylic acid groups (broad SMARTS) is 1. The predicted molar refractivity (Wildman–Crippen MR) is 85.6 cm³/mol. The fourth-order valence-electron chi connectivity index (χ4n) is 3.06. The number of hydrogen-bond donors (Lipinski definition) is 1. The minimum Gasteiger partial charge on any atom is -0.481 e. The van der Waals surface area contributed by atoms with Gasteiger partial charge in [0, 0.05) is 18.5 Å². The number of carbonyl (C=O) groups is 2. The molecule has 1 N–H and O–H groups in total. The molecule has 1 saturated heterocycles. The van der Waals surface area contributed by atoms with Gasteiger partial charge in [-0.1, -0.05) is 36.8 Å². The molecule has 1 amide bonds. The second-order valence-electron chi connectivity index (χ2n) is 6.54. The van der Waals surface area contributed by atoms with Crippen LogP contribution in [0, 0.1) is 18.8 Å². The largest absolute Gasteiger partial charge is 0.481 e. The average molecular weight is 303 g/mol. The van der Waals surface area contributed by atoms with Gasteiger partial charge in [0.25, 0.3) is 0 Å². The van der Waals surface area contributed by atoms with E-state index in [1.807, 2.05) is 20.8 Å². The smallest absolute Gasteiger partial charge is 0.308 e. The van der Waals surface area contributed by atoms with E-state index in [0.717, 1.165) is 12.0 Å². The van der Waals surface area contributed by atoms with Crippen LogP contribution in [0.5, 0.6) is 0 Å². The average Bonchev–Trinajstić information content (AvgIpc) is 2.49. The minimum absolute atomic E-state index is 0.0685. The molecule has 4 nitrogen and oxygen atoms in total. The zero-order valence-corrected chi connectivity index (χ0v) is 13.6. The number of aliphatic carboxylic acids is 1. The van der Waals surface area contributed by atoms with Crippen molar-refractivity contribution in [3.05, 3.63) is 35.4 Å². The third-order valence-electron chi connectivity index (χ3n) is 4.60. The van der Waals surface area contributed by atoms with Crippen molar-refractivity contribution in [3.63, 3.8) is 0 Å². The molecule has 1 heterocycles. The van der Waals surface area contributed by atoms with Crippen molar-refractivity contribution in [2.75, 3.05) is 6.54 Å². The van der Waals surface area contributed by atoms with Crippen molar-refractivity contribution >= 4 is 11.9 Å². The zero-order chi connectivity index (χ0) is 16.3. The first-order chi connectivity index (χ1) is 10.4. The van der Waals surface area contributed by atoms with Gasteiger partial charge in [-0.2, -0.15) is 0 Å². The first-order valence-electron chi connectivity index (χ1n) is 7.97. The van der Waals surface area contributed by atoms with Gasteiger partial charge in [0.15, 0.2) is 0 Å². The van der Waals surface area contributed by atoms with Crippen LogP contribution in [0.2, 0.25) is 0 Å². The molecule has 1 aromatic carbocycles. The summed E-state index contributed by atoms with van der Waals surface area (Å²) in [6.45, 7) is 6.32. The van der Waals surface area contributed by atoms with E-state index < -0.39 is 11.9 Å². The summed E-state index contributed by atoms with van der Waals surface area (Å²) in [5.41, 5.74) is 2.35. The van der Waals surface area contributed by atoms with Crippen molar-refractivity contribution in [1.82, 2.24) is 4.90 Å². The molecule has 1 aromatic rings. The molecule has 2 rings (SSSR count). The monoisotopic (exact) mass is 303 g/mol. The summed E-state index contributed by atoms with van der Waals surface area (Å²) < 4.78 is 0. The lowest BCUT2D eigenvalue weighted by atomic mass is 9.91. The van der Waals surface area contributed by atoms with Crippen molar-refractivity contribution < 1.29 is 14.7 Å². The topological polar surface area (TPSA) is 57.6 Å². The maximum atomic E-state index is 12.7. The summed E-state index contributed by atoms with van der Waals surface area (Å²) in [4.78, 5) is 25.6. The number of carboxylic acids is 1. The van der Waals surface area contributed by atoms with Crippen LogP contribution in [0.15, 0.2) is 24.3 Å². The van der Waals surface area contributed by atoms with Gasteiger partial charge in [0.1, 0.15) is 0 Å². The summed E-state index contributed by atoms with van der Waals surface area (Å²) in [6.07, 6.45) is 2.12. The number of nitrogens with zero attached hydrogens (tertiary/aromatic N) is 1. The van der Waals surface area contributed by atoms with Crippen LogP contribution >= 0.6 is 0 Å². The molecule has 0 spiro atoms. The van der Waals surface area contributed by atoms with Gasteiger partial charge in [-0.15, -0.1) is 0 Å². The van der Waals surface area contributed by atoms with Crippen molar-refractivity contribution in [2.24, 2.45) is 11.8 Å². The van der Waals surface area contributed by atoms with Crippen LogP contribution in [-0.2, 0) is 16.0 Å². The molecule has 1 fully saturated rings. The Balaban J connectivity index is 2.02. The first-order valence-corrected chi connectivity index (χ1v) is 7.97. The van der Waals surface area contributed by atoms with Crippen molar-refractivity contribution in [1.29, 1.82) is 0 Å². The molecule has 120 valence electrons. The Labute approximate surface area is 132 Å². The van der Waals surface area contributed by atoms with Crippen LogP contribution in [0.3, 0.4) is 0 Å². The number of likely N-dealkylation sites (tertiary alicyclic amines) is 1. The molecule has 3 atom stereocenters. The maximum Gasteiger partial charge on any atom is 0.308 e. The molecule has 0 aliphatic carbocycles. The number of rotatable bonds is 4. The van der Waals surface area contributed by atoms with E-state index in [1.54, 1.807) is 4.90 Å². The van der Waals surface area contributed by atoms with Crippen LogP contribution < -0.4 is 0 Å². The summed E-state index contributed by atoms with van der Waals surface area (Å²) >= 11 is 0. The van der Waals surface area contributed by atoms with Gasteiger partial charge < -0.3 is 10.0 Å². The normalized spacial score (nSPS) is 23.1. The summed E-state index contributed by atoms with van der Waals surface area (Å²) in [7, 11) is 0. The van der Waals surface area contributed by atoms with E-state index >= 15 is 0 Å². The number of piperidine rings is 1. The first kappa shape index (κ1) is 16.5. The standard InChI is InChI=1S/C18H25NO3/c1-12-4-7-15(8-5-12)10-13(2)17(20)19-11-16(18(21)22)9-6-14(19)3/h4-5,7-8,13-14,16H,6,9-11H2,1-3H3,(H,21,22). The SMILES string of the molecule is Cc1ccc(CC(C)C(=O)N2CC(C(=O)O)CCC2C)cc1. The lowest BCUT2D eigenvalue weighted by molar-refractivity contribution is -0.148. The van der Waals surface area contributed by atoms with Crippen LogP contribution in [0.25, 0.3) is 0 Å². The van der Waals surface area contributed by atoms with Crippen LogP contribution in [0.1, 0.15) is 37.8 Å². The minimum atomic E-state index is -0.795. The fraction of sp³-hybridized carbons (Fsp3) is 0.556. The summed E-state index contributed by atoms with van der Waals surface area (Å²) in [5, 5.41) is 9.19. The lowest BCUT2D eigenvalue weighted by Crippen LogP contribution is -2.49. The third kappa shape index (κ3) is 3.87. The third-order valence-corrected chi connectivity index (χ3v) is 4.60. The zero-order valence-electron chi connectivity index (χ0n) is 13.6. The number of aryl methyl sites for hydroxylation is 1. The molecular formula is C18H25NO3. The quantitative estimate of drug-likeness (QED) is 0.930. The molecule has 0 bridgehead atoms. The molecule has 4 heteroatoms. The second kappa shape index (κ2) is 6.95. The van der Waals surface area contributed by atoms with Gasteiger partial charge in [0.2, 0.25) is 5.91 Å². The molecule has 22 heavy (non-hydrogen) atoms. The number of benzene rings is 1. The Kier molecular flexibility index (Phi) is 5.22. The van der Waals surface area contributed by atoms with Gasteiger partial charge >= 0.3 is 5.97 Å². The molecule has 0 aromatic heterocycles. The number of carbonyl (C=O) groups excluding carboxylic acids is 1. The Hall–Kier alpha value is -1.84. The van der Waals surface area contributed by atoms with E-state index in [2.05, 4.69) is 24.3 Å². The summed E-state index contributed by atoms with van der Waals surface area (Å²) in [5.74, 6) is -1.28. The highest BCUT2D eigenvalue weighted by atomic mass is 16.4. The number of amides is 1. The van der Waals surface area contributed by atoms with E-state index in [-0.39, 0.29) is 17.9 Å². The Morgan fingerprint density at radius 1 is 1.27 bits per heavy atom. The molecule has 1 aliphatic rings. The van der Waals surface area contributed by atoms with Gasteiger partial charge in [0.05, 0.1) is 5.92 Å². The maximum absolute atomic E-state index is 12.7. The molecule has 0 saturated carbocycles. The van der Waals surface area contributed by atoms with Gasteiger partial charge in [-0.3, -0.25) is 9.59 Å². The van der Waals surface area contributed by atoms with Gasteiger partial charge in [-0.25, -0.2) is 0 Å². The Morgan fingerprint density at radius 2 is 1.91 bits per heavy atom. The van der Waals surface area contributed by atoms with E-state index in [1.165, 1.54) is 5.56 Å². The predicted octanol–water partition coefficient (Wildman–Crippen LogP) is 2.89. The molecule has 0 radical (unpaired) electrons. The Morgan fingerprint density at radius 3 is 2.50 bits per heavy atom. The van der Waals surface area contributed by atoms with Crippen molar-refractivity contribution in [3.8, 4) is 0 Å². The van der Waals surface area contributed by atoms with E-state index in [9.17, 15) is 14.7 Å².